The zero-order valence-electron chi connectivity index (χ0n) is 14.0. The summed E-state index contributed by atoms with van der Waals surface area (Å²) in [4.78, 5) is -0.394. The van der Waals surface area contributed by atoms with Crippen molar-refractivity contribution >= 4 is 15.9 Å². The Balaban J connectivity index is 2.58. The van der Waals surface area contributed by atoms with Crippen LogP contribution < -0.4 is 9.47 Å². The van der Waals surface area contributed by atoms with Crippen LogP contribution in [-0.4, -0.2) is 27.7 Å². The van der Waals surface area contributed by atoms with Crippen molar-refractivity contribution in [3.63, 3.8) is 0 Å². The minimum Gasteiger partial charge on any atom is -0.502 e. The number of ether oxygens (including phenoxy) is 2. The lowest BCUT2D eigenvalue weighted by atomic mass is 10.1. The van der Waals surface area contributed by atoms with Crippen LogP contribution in [0.4, 0.5) is 0 Å². The summed E-state index contributed by atoms with van der Waals surface area (Å²) in [5.74, 6) is 0.00768. The molecule has 25 heavy (non-hydrogen) atoms. The summed E-state index contributed by atoms with van der Waals surface area (Å²) in [6.45, 7) is 1.84. The van der Waals surface area contributed by atoms with Crippen LogP contribution in [-0.2, 0) is 9.84 Å². The van der Waals surface area contributed by atoms with Crippen LogP contribution in [0.3, 0.4) is 0 Å². The zero-order valence-corrected chi connectivity index (χ0v) is 14.8. The molecular weight excluding hydrogens is 342 g/mol. The Morgan fingerprint density at radius 1 is 1.12 bits per heavy atom. The fourth-order valence-corrected chi connectivity index (χ4v) is 3.32. The lowest BCUT2D eigenvalue weighted by Crippen LogP contribution is -2.03. The van der Waals surface area contributed by atoms with Gasteiger partial charge in [0.25, 0.3) is 0 Å². The van der Waals surface area contributed by atoms with Crippen LogP contribution >= 0.6 is 0 Å². The quantitative estimate of drug-likeness (QED) is 0.824. The molecule has 0 spiro atoms. The number of nitriles is 1. The maximum Gasteiger partial charge on any atom is 0.216 e. The third kappa shape index (κ3) is 3.75. The standard InChI is InChI=1S/C18H17NO5S/c1-12-4-6-14(7-5-12)25(21,22)15(11-19)8-13-9-16(23-2)18(20)17(10-13)24-3/h4-10,20H,1-3H3. The van der Waals surface area contributed by atoms with Gasteiger partial charge >= 0.3 is 0 Å². The van der Waals surface area contributed by atoms with E-state index in [2.05, 4.69) is 0 Å². The van der Waals surface area contributed by atoms with E-state index in [0.29, 0.717) is 5.56 Å². The van der Waals surface area contributed by atoms with Gasteiger partial charge in [-0.3, -0.25) is 0 Å². The van der Waals surface area contributed by atoms with E-state index in [9.17, 15) is 18.8 Å². The summed E-state index contributed by atoms with van der Waals surface area (Å²) in [5, 5.41) is 19.3. The van der Waals surface area contributed by atoms with E-state index in [1.807, 2.05) is 6.92 Å². The van der Waals surface area contributed by atoms with Crippen LogP contribution in [0.1, 0.15) is 11.1 Å². The molecule has 2 aromatic carbocycles. The van der Waals surface area contributed by atoms with E-state index in [4.69, 9.17) is 9.47 Å². The van der Waals surface area contributed by atoms with Gasteiger partial charge in [-0.05, 0) is 42.8 Å². The SMILES string of the molecule is COc1cc(C=C(C#N)S(=O)(=O)c2ccc(C)cc2)cc(OC)c1O. The van der Waals surface area contributed by atoms with Gasteiger partial charge in [0.15, 0.2) is 11.5 Å². The van der Waals surface area contributed by atoms with E-state index in [1.165, 1.54) is 44.6 Å². The summed E-state index contributed by atoms with van der Waals surface area (Å²) in [6.07, 6.45) is 1.21. The lowest BCUT2D eigenvalue weighted by Gasteiger charge is -2.10. The normalized spacial score (nSPS) is 11.7. The first kappa shape index (κ1) is 18.4. The number of hydrogen-bond acceptors (Lipinski definition) is 6. The van der Waals surface area contributed by atoms with Crippen molar-refractivity contribution in [1.82, 2.24) is 0 Å². The molecule has 0 aromatic heterocycles. The molecular formula is C18H17NO5S. The molecule has 7 heteroatoms. The molecule has 0 heterocycles. The molecule has 0 aliphatic carbocycles. The molecule has 2 aromatic rings. The van der Waals surface area contributed by atoms with E-state index in [-0.39, 0.29) is 22.1 Å². The second-order valence-electron chi connectivity index (χ2n) is 5.21. The molecule has 2 rings (SSSR count). The Kier molecular flexibility index (Phi) is 5.35. The number of aryl methyl sites for hydroxylation is 1. The Hall–Kier alpha value is -2.98. The third-order valence-corrected chi connectivity index (χ3v) is 5.21. The molecule has 0 radical (unpaired) electrons. The average Bonchev–Trinajstić information content (AvgIpc) is 2.60. The van der Waals surface area contributed by atoms with Gasteiger partial charge in [0.1, 0.15) is 11.0 Å². The van der Waals surface area contributed by atoms with Crippen molar-refractivity contribution in [2.75, 3.05) is 14.2 Å². The topological polar surface area (TPSA) is 96.6 Å². The van der Waals surface area contributed by atoms with Gasteiger partial charge in [-0.2, -0.15) is 5.26 Å². The summed E-state index contributed by atoms with van der Waals surface area (Å²) in [7, 11) is -1.24. The smallest absolute Gasteiger partial charge is 0.216 e. The maximum atomic E-state index is 12.7. The number of hydrogen-bond donors (Lipinski definition) is 1. The van der Waals surface area contributed by atoms with Crippen molar-refractivity contribution in [2.24, 2.45) is 0 Å². The zero-order chi connectivity index (χ0) is 18.6. The Morgan fingerprint density at radius 3 is 2.08 bits per heavy atom. The largest absolute Gasteiger partial charge is 0.502 e. The predicted octanol–water partition coefficient (Wildman–Crippen LogP) is 3.06. The summed E-state index contributed by atoms with van der Waals surface area (Å²) in [5.41, 5.74) is 1.26. The molecule has 0 atom stereocenters. The van der Waals surface area contributed by atoms with Crippen molar-refractivity contribution in [3.8, 4) is 23.3 Å². The number of methoxy groups -OCH3 is 2. The Morgan fingerprint density at radius 2 is 1.64 bits per heavy atom. The second kappa shape index (κ2) is 7.28. The molecule has 0 aliphatic heterocycles. The molecule has 0 unspecified atom stereocenters. The monoisotopic (exact) mass is 359 g/mol. The number of aromatic hydroxyl groups is 1. The molecule has 0 amide bonds. The van der Waals surface area contributed by atoms with E-state index in [1.54, 1.807) is 18.2 Å². The van der Waals surface area contributed by atoms with Crippen LogP contribution in [0, 0.1) is 18.3 Å². The van der Waals surface area contributed by atoms with Gasteiger partial charge in [-0.25, -0.2) is 8.42 Å². The number of nitrogens with zero attached hydrogens (tertiary/aromatic N) is 1. The highest BCUT2D eigenvalue weighted by atomic mass is 32.2. The van der Waals surface area contributed by atoms with Crippen LogP contribution in [0.15, 0.2) is 46.2 Å². The fraction of sp³-hybridized carbons (Fsp3) is 0.167. The number of rotatable bonds is 5. The molecule has 1 N–H and O–H groups in total. The van der Waals surface area contributed by atoms with Gasteiger partial charge in [-0.1, -0.05) is 17.7 Å². The summed E-state index contributed by atoms with van der Waals surface area (Å²) in [6, 6.07) is 10.8. The highest BCUT2D eigenvalue weighted by Gasteiger charge is 2.21. The Bertz CT molecular complexity index is 929. The van der Waals surface area contributed by atoms with Gasteiger partial charge < -0.3 is 14.6 Å². The maximum absolute atomic E-state index is 12.7. The number of benzene rings is 2. The molecule has 0 saturated carbocycles. The average molecular weight is 359 g/mol. The summed E-state index contributed by atoms with van der Waals surface area (Å²) >= 11 is 0. The highest BCUT2D eigenvalue weighted by molar-refractivity contribution is 7.95. The summed E-state index contributed by atoms with van der Waals surface area (Å²) < 4.78 is 35.4. The molecule has 6 nitrogen and oxygen atoms in total. The molecule has 130 valence electrons. The molecule has 0 aliphatic rings. The minimum atomic E-state index is -3.96. The number of allylic oxidation sites excluding steroid dienone is 1. The van der Waals surface area contributed by atoms with Crippen LogP contribution in [0.25, 0.3) is 6.08 Å². The second-order valence-corrected chi connectivity index (χ2v) is 7.13. The van der Waals surface area contributed by atoms with E-state index >= 15 is 0 Å². The predicted molar refractivity (Wildman–Crippen MR) is 93.2 cm³/mol. The van der Waals surface area contributed by atoms with Crippen LogP contribution in [0.5, 0.6) is 17.2 Å². The van der Waals surface area contributed by atoms with Crippen molar-refractivity contribution < 1.29 is 23.0 Å². The third-order valence-electron chi connectivity index (χ3n) is 3.53. The highest BCUT2D eigenvalue weighted by Crippen LogP contribution is 2.38. The number of sulfone groups is 1. The molecule has 0 fully saturated rings. The van der Waals surface area contributed by atoms with Crippen molar-refractivity contribution in [3.05, 3.63) is 52.4 Å². The molecule has 0 bridgehead atoms. The lowest BCUT2D eigenvalue weighted by molar-refractivity contribution is 0.340. The number of phenolic OH excluding ortho intramolecular Hbond substituents is 1. The van der Waals surface area contributed by atoms with E-state index < -0.39 is 14.7 Å². The molecule has 0 saturated heterocycles. The van der Waals surface area contributed by atoms with Gasteiger partial charge in [0.2, 0.25) is 15.6 Å². The first-order valence-electron chi connectivity index (χ1n) is 7.22. The minimum absolute atomic E-state index is 0.0311. The first-order chi connectivity index (χ1) is 11.8. The van der Waals surface area contributed by atoms with Gasteiger partial charge in [0.05, 0.1) is 19.1 Å². The fourth-order valence-electron chi connectivity index (χ4n) is 2.16. The number of phenols is 1. The van der Waals surface area contributed by atoms with Crippen molar-refractivity contribution in [2.45, 2.75) is 11.8 Å². The van der Waals surface area contributed by atoms with Gasteiger partial charge in [0, 0.05) is 0 Å². The first-order valence-corrected chi connectivity index (χ1v) is 8.70. The van der Waals surface area contributed by atoms with Crippen molar-refractivity contribution in [1.29, 1.82) is 5.26 Å². The van der Waals surface area contributed by atoms with Crippen LogP contribution in [0.2, 0.25) is 0 Å². The van der Waals surface area contributed by atoms with Gasteiger partial charge in [-0.15, -0.1) is 0 Å². The van der Waals surface area contributed by atoms with E-state index in [0.717, 1.165) is 5.56 Å². The Labute approximate surface area is 146 Å².